The van der Waals surface area contributed by atoms with E-state index in [0.29, 0.717) is 17.2 Å². The van der Waals surface area contributed by atoms with E-state index in [4.69, 9.17) is 4.18 Å². The number of nitrogens with zero attached hydrogens (tertiary/aromatic N) is 4. The Morgan fingerprint density at radius 2 is 1.81 bits per heavy atom. The molecule has 3 rings (SSSR count). The predicted octanol–water partition coefficient (Wildman–Crippen LogP) is 2.11. The summed E-state index contributed by atoms with van der Waals surface area (Å²) in [6.45, 7) is 3.51. The zero-order valence-corrected chi connectivity index (χ0v) is 15.8. The van der Waals surface area contributed by atoms with Gasteiger partial charge in [-0.3, -0.25) is 4.18 Å². The van der Waals surface area contributed by atoms with Gasteiger partial charge in [-0.25, -0.2) is 14.6 Å². The molecule has 1 atom stereocenters. The monoisotopic (exact) mass is 388 g/mol. The molecule has 27 heavy (non-hydrogen) atoms. The van der Waals surface area contributed by atoms with E-state index in [-0.39, 0.29) is 17.9 Å². The van der Waals surface area contributed by atoms with E-state index < -0.39 is 16.2 Å². The predicted molar refractivity (Wildman–Crippen MR) is 97.8 cm³/mol. The quantitative estimate of drug-likeness (QED) is 0.618. The Kier molecular flexibility index (Phi) is 5.64. The molecule has 9 heteroatoms. The largest absolute Gasteiger partial charge is 0.388 e. The van der Waals surface area contributed by atoms with Crippen LogP contribution in [0.25, 0.3) is 5.95 Å². The van der Waals surface area contributed by atoms with Crippen LogP contribution in [0.5, 0.6) is 0 Å². The van der Waals surface area contributed by atoms with Gasteiger partial charge in [-0.1, -0.05) is 17.7 Å². The molecule has 1 aromatic carbocycles. The number of aryl methyl sites for hydroxylation is 1. The summed E-state index contributed by atoms with van der Waals surface area (Å²) >= 11 is 0. The molecule has 3 aromatic rings. The molecule has 0 aliphatic heterocycles. The second kappa shape index (κ2) is 7.95. The van der Waals surface area contributed by atoms with E-state index in [9.17, 15) is 13.5 Å². The van der Waals surface area contributed by atoms with E-state index in [1.807, 2.05) is 6.92 Å². The maximum Gasteiger partial charge on any atom is 0.296 e. The lowest BCUT2D eigenvalue weighted by atomic mass is 10.1. The molecule has 0 aliphatic carbocycles. The van der Waals surface area contributed by atoms with Crippen LogP contribution in [0.4, 0.5) is 0 Å². The molecule has 0 aliphatic rings. The Morgan fingerprint density at radius 3 is 2.48 bits per heavy atom. The van der Waals surface area contributed by atoms with Gasteiger partial charge in [0, 0.05) is 24.4 Å². The molecule has 8 nitrogen and oxygen atoms in total. The standard InChI is InChI=1S/C18H20N4O4S/c1-13-4-6-15(7-5-13)27(24,25)26-11-8-17(23)16-12-21-22(14(16)2)18-19-9-3-10-20-18/h3-7,9-10,12,17,23H,8,11H2,1-2H3. The number of aromatic nitrogens is 4. The summed E-state index contributed by atoms with van der Waals surface area (Å²) in [6.07, 6.45) is 3.90. The van der Waals surface area contributed by atoms with Crippen LogP contribution >= 0.6 is 0 Å². The Bertz CT molecular complexity index is 1000. The molecule has 0 bridgehead atoms. The average molecular weight is 388 g/mol. The summed E-state index contributed by atoms with van der Waals surface area (Å²) in [6, 6.07) is 8.09. The number of hydrogen-bond donors (Lipinski definition) is 1. The highest BCUT2D eigenvalue weighted by atomic mass is 32.2. The highest BCUT2D eigenvalue weighted by Gasteiger charge is 2.19. The van der Waals surface area contributed by atoms with Gasteiger partial charge in [0.05, 0.1) is 29.5 Å². The molecule has 2 aromatic heterocycles. The van der Waals surface area contributed by atoms with Crippen molar-refractivity contribution in [2.45, 2.75) is 31.3 Å². The fourth-order valence-electron chi connectivity index (χ4n) is 2.55. The second-order valence-electron chi connectivity index (χ2n) is 6.04. The van der Waals surface area contributed by atoms with E-state index in [1.54, 1.807) is 37.5 Å². The maximum absolute atomic E-state index is 12.2. The topological polar surface area (TPSA) is 107 Å². The van der Waals surface area contributed by atoms with Crippen molar-refractivity contribution in [2.75, 3.05) is 6.61 Å². The van der Waals surface area contributed by atoms with Gasteiger partial charge < -0.3 is 5.11 Å². The van der Waals surface area contributed by atoms with E-state index in [1.165, 1.54) is 23.0 Å². The Morgan fingerprint density at radius 1 is 1.15 bits per heavy atom. The number of rotatable bonds is 7. The molecule has 0 spiro atoms. The van der Waals surface area contributed by atoms with Crippen molar-refractivity contribution in [3.63, 3.8) is 0 Å². The fourth-order valence-corrected chi connectivity index (χ4v) is 3.47. The van der Waals surface area contributed by atoms with Crippen molar-refractivity contribution in [3.8, 4) is 5.95 Å². The van der Waals surface area contributed by atoms with Crippen molar-refractivity contribution in [1.82, 2.24) is 19.7 Å². The minimum Gasteiger partial charge on any atom is -0.388 e. The molecule has 2 heterocycles. The lowest BCUT2D eigenvalue weighted by Crippen LogP contribution is -2.11. The van der Waals surface area contributed by atoms with Crippen LogP contribution in [0.1, 0.15) is 29.3 Å². The van der Waals surface area contributed by atoms with E-state index in [2.05, 4.69) is 15.1 Å². The van der Waals surface area contributed by atoms with Crippen LogP contribution in [0, 0.1) is 13.8 Å². The Hall–Kier alpha value is -2.62. The van der Waals surface area contributed by atoms with E-state index in [0.717, 1.165) is 5.56 Å². The van der Waals surface area contributed by atoms with Gasteiger partial charge in [-0.2, -0.15) is 13.5 Å². The molecule has 0 radical (unpaired) electrons. The van der Waals surface area contributed by atoms with Gasteiger partial charge in [0.15, 0.2) is 0 Å². The van der Waals surface area contributed by atoms with Crippen molar-refractivity contribution in [3.05, 3.63) is 65.7 Å². The lowest BCUT2D eigenvalue weighted by Gasteiger charge is -2.11. The first-order valence-corrected chi connectivity index (χ1v) is 9.75. The summed E-state index contributed by atoms with van der Waals surface area (Å²) in [5.74, 6) is 0.395. The third-order valence-corrected chi connectivity index (χ3v) is 5.41. The van der Waals surface area contributed by atoms with Crippen molar-refractivity contribution in [1.29, 1.82) is 0 Å². The Labute approximate surface area is 157 Å². The molecule has 1 unspecified atom stereocenters. The molecule has 142 valence electrons. The minimum absolute atomic E-state index is 0.0906. The molecule has 0 saturated heterocycles. The summed E-state index contributed by atoms with van der Waals surface area (Å²) in [5.41, 5.74) is 2.20. The minimum atomic E-state index is -3.85. The van der Waals surface area contributed by atoms with Crippen LogP contribution in [0.2, 0.25) is 0 Å². The molecule has 0 fully saturated rings. The van der Waals surface area contributed by atoms with Gasteiger partial charge in [0.1, 0.15) is 0 Å². The lowest BCUT2D eigenvalue weighted by molar-refractivity contribution is 0.142. The highest BCUT2D eigenvalue weighted by Crippen LogP contribution is 2.22. The third kappa shape index (κ3) is 4.38. The molecule has 0 saturated carbocycles. The summed E-state index contributed by atoms with van der Waals surface area (Å²) < 4.78 is 30.9. The molecule has 0 amide bonds. The van der Waals surface area contributed by atoms with Crippen molar-refractivity contribution >= 4 is 10.1 Å². The zero-order valence-electron chi connectivity index (χ0n) is 15.0. The van der Waals surface area contributed by atoms with Crippen LogP contribution < -0.4 is 0 Å². The van der Waals surface area contributed by atoms with Crippen LogP contribution in [0.3, 0.4) is 0 Å². The van der Waals surface area contributed by atoms with E-state index >= 15 is 0 Å². The summed E-state index contributed by atoms with van der Waals surface area (Å²) in [7, 11) is -3.85. The zero-order chi connectivity index (χ0) is 19.4. The van der Waals surface area contributed by atoms with Crippen LogP contribution in [-0.4, -0.2) is 39.9 Å². The SMILES string of the molecule is Cc1ccc(S(=O)(=O)OCCC(O)c2cnn(-c3ncccn3)c2C)cc1. The third-order valence-electron chi connectivity index (χ3n) is 4.09. The van der Waals surface area contributed by atoms with Crippen molar-refractivity contribution < 1.29 is 17.7 Å². The van der Waals surface area contributed by atoms with Gasteiger partial charge in [0.2, 0.25) is 0 Å². The number of hydrogen-bond acceptors (Lipinski definition) is 7. The first-order valence-electron chi connectivity index (χ1n) is 8.34. The van der Waals surface area contributed by atoms with Crippen LogP contribution in [-0.2, 0) is 14.3 Å². The summed E-state index contributed by atoms with van der Waals surface area (Å²) in [5, 5.41) is 14.6. The average Bonchev–Trinajstić information content (AvgIpc) is 3.04. The van der Waals surface area contributed by atoms with Crippen molar-refractivity contribution in [2.24, 2.45) is 0 Å². The number of aliphatic hydroxyl groups is 1. The number of benzene rings is 1. The maximum atomic E-state index is 12.2. The molecule has 1 N–H and O–H groups in total. The van der Waals surface area contributed by atoms with Gasteiger partial charge in [0.25, 0.3) is 16.1 Å². The molecular formula is C18H20N4O4S. The Balaban J connectivity index is 1.64. The number of aliphatic hydroxyl groups excluding tert-OH is 1. The van der Waals surface area contributed by atoms with Crippen LogP contribution in [0.15, 0.2) is 53.8 Å². The summed E-state index contributed by atoms with van der Waals surface area (Å²) in [4.78, 5) is 8.33. The highest BCUT2D eigenvalue weighted by molar-refractivity contribution is 7.86. The first kappa shape index (κ1) is 19.2. The second-order valence-corrected chi connectivity index (χ2v) is 7.65. The molecular weight excluding hydrogens is 368 g/mol. The van der Waals surface area contributed by atoms with Gasteiger partial charge in [-0.05, 0) is 32.0 Å². The fraction of sp³-hybridized carbons (Fsp3) is 0.278. The van der Waals surface area contributed by atoms with Gasteiger partial charge in [-0.15, -0.1) is 0 Å². The van der Waals surface area contributed by atoms with Gasteiger partial charge >= 0.3 is 0 Å². The normalized spacial score (nSPS) is 12.9. The first-order chi connectivity index (χ1) is 12.9. The smallest absolute Gasteiger partial charge is 0.296 e.